The highest BCUT2D eigenvalue weighted by Gasteiger charge is 2.14. The zero-order valence-electron chi connectivity index (χ0n) is 12.0. The SMILES string of the molecule is COc1ccc(CNCc2ccncc2C)cc1[N+](=O)[O-]. The van der Waals surface area contributed by atoms with E-state index in [4.69, 9.17) is 4.74 Å². The van der Waals surface area contributed by atoms with Crippen LogP contribution in [-0.2, 0) is 13.1 Å². The Kier molecular flexibility index (Phi) is 4.84. The Bertz CT molecular complexity index is 644. The number of nitrogens with zero attached hydrogens (tertiary/aromatic N) is 2. The van der Waals surface area contributed by atoms with Crippen molar-refractivity contribution < 1.29 is 9.66 Å². The maximum Gasteiger partial charge on any atom is 0.311 e. The zero-order chi connectivity index (χ0) is 15.2. The van der Waals surface area contributed by atoms with Crippen LogP contribution in [0.4, 0.5) is 5.69 Å². The van der Waals surface area contributed by atoms with Gasteiger partial charge in [-0.2, -0.15) is 0 Å². The summed E-state index contributed by atoms with van der Waals surface area (Å²) < 4.78 is 4.98. The van der Waals surface area contributed by atoms with Crippen molar-refractivity contribution in [2.75, 3.05) is 7.11 Å². The minimum atomic E-state index is -0.435. The van der Waals surface area contributed by atoms with Gasteiger partial charge in [0.05, 0.1) is 12.0 Å². The van der Waals surface area contributed by atoms with Crippen LogP contribution in [0.3, 0.4) is 0 Å². The van der Waals surface area contributed by atoms with Gasteiger partial charge in [0.15, 0.2) is 5.75 Å². The highest BCUT2D eigenvalue weighted by molar-refractivity contribution is 5.48. The number of ether oxygens (including phenoxy) is 1. The summed E-state index contributed by atoms with van der Waals surface area (Å²) in [5.74, 6) is 0.272. The normalized spacial score (nSPS) is 10.4. The first-order chi connectivity index (χ1) is 10.1. The molecule has 0 aliphatic heterocycles. The molecule has 2 rings (SSSR count). The third-order valence-corrected chi connectivity index (χ3v) is 3.22. The zero-order valence-corrected chi connectivity index (χ0v) is 12.0. The summed E-state index contributed by atoms with van der Waals surface area (Å²) >= 11 is 0. The number of pyridine rings is 1. The summed E-state index contributed by atoms with van der Waals surface area (Å²) in [6.07, 6.45) is 3.57. The van der Waals surface area contributed by atoms with Crippen LogP contribution >= 0.6 is 0 Å². The van der Waals surface area contributed by atoms with Crippen molar-refractivity contribution in [1.29, 1.82) is 0 Å². The van der Waals surface area contributed by atoms with E-state index < -0.39 is 4.92 Å². The first kappa shape index (κ1) is 14.9. The van der Waals surface area contributed by atoms with Gasteiger partial charge in [0.25, 0.3) is 0 Å². The van der Waals surface area contributed by atoms with Crippen LogP contribution in [-0.4, -0.2) is 17.0 Å². The van der Waals surface area contributed by atoms with E-state index in [1.54, 1.807) is 12.3 Å². The lowest BCUT2D eigenvalue weighted by molar-refractivity contribution is -0.385. The molecule has 1 heterocycles. The predicted molar refractivity (Wildman–Crippen MR) is 79.2 cm³/mol. The van der Waals surface area contributed by atoms with Crippen molar-refractivity contribution in [3.63, 3.8) is 0 Å². The molecular weight excluding hydrogens is 270 g/mol. The van der Waals surface area contributed by atoms with Gasteiger partial charge in [-0.15, -0.1) is 0 Å². The lowest BCUT2D eigenvalue weighted by Crippen LogP contribution is -2.13. The molecule has 6 heteroatoms. The molecule has 110 valence electrons. The van der Waals surface area contributed by atoms with Crippen LogP contribution < -0.4 is 10.1 Å². The molecule has 0 spiro atoms. The Morgan fingerprint density at radius 1 is 1.33 bits per heavy atom. The first-order valence-corrected chi connectivity index (χ1v) is 6.53. The molecular formula is C15H17N3O3. The molecule has 0 saturated carbocycles. The van der Waals surface area contributed by atoms with Crippen LogP contribution in [0, 0.1) is 17.0 Å². The molecule has 0 fully saturated rings. The molecule has 0 radical (unpaired) electrons. The van der Waals surface area contributed by atoms with E-state index in [2.05, 4.69) is 10.3 Å². The molecule has 0 atom stereocenters. The Labute approximate surface area is 122 Å². The lowest BCUT2D eigenvalue weighted by atomic mass is 10.1. The number of rotatable bonds is 6. The van der Waals surface area contributed by atoms with Crippen molar-refractivity contribution in [3.8, 4) is 5.75 Å². The number of hydrogen-bond acceptors (Lipinski definition) is 5. The van der Waals surface area contributed by atoms with E-state index in [1.807, 2.05) is 25.3 Å². The first-order valence-electron chi connectivity index (χ1n) is 6.53. The fourth-order valence-corrected chi connectivity index (χ4v) is 2.03. The third-order valence-electron chi connectivity index (χ3n) is 3.22. The van der Waals surface area contributed by atoms with E-state index in [-0.39, 0.29) is 11.4 Å². The summed E-state index contributed by atoms with van der Waals surface area (Å²) in [5.41, 5.74) is 3.10. The minimum Gasteiger partial charge on any atom is -0.490 e. The summed E-state index contributed by atoms with van der Waals surface area (Å²) in [5, 5.41) is 14.2. The van der Waals surface area contributed by atoms with Crippen LogP contribution in [0.2, 0.25) is 0 Å². The third kappa shape index (κ3) is 3.76. The lowest BCUT2D eigenvalue weighted by Gasteiger charge is -2.08. The molecule has 0 bridgehead atoms. The Morgan fingerprint density at radius 3 is 2.81 bits per heavy atom. The molecule has 1 N–H and O–H groups in total. The second kappa shape index (κ2) is 6.81. The number of aryl methyl sites for hydroxylation is 1. The molecule has 0 unspecified atom stereocenters. The van der Waals surface area contributed by atoms with Gasteiger partial charge >= 0.3 is 5.69 Å². The number of hydrogen-bond donors (Lipinski definition) is 1. The quantitative estimate of drug-likeness (QED) is 0.652. The topological polar surface area (TPSA) is 77.3 Å². The maximum absolute atomic E-state index is 11.0. The average Bonchev–Trinajstić information content (AvgIpc) is 2.49. The molecule has 6 nitrogen and oxygen atoms in total. The van der Waals surface area contributed by atoms with E-state index in [0.29, 0.717) is 13.1 Å². The molecule has 0 aliphatic carbocycles. The molecule has 0 saturated heterocycles. The molecule has 2 aromatic rings. The number of nitro benzene ring substituents is 1. The maximum atomic E-state index is 11.0. The Morgan fingerprint density at radius 2 is 2.14 bits per heavy atom. The van der Waals surface area contributed by atoms with Crippen molar-refractivity contribution in [3.05, 3.63) is 63.5 Å². The van der Waals surface area contributed by atoms with E-state index in [9.17, 15) is 10.1 Å². The van der Waals surface area contributed by atoms with Gasteiger partial charge in [0, 0.05) is 31.5 Å². The molecule has 21 heavy (non-hydrogen) atoms. The summed E-state index contributed by atoms with van der Waals surface area (Å²) in [6.45, 7) is 3.24. The monoisotopic (exact) mass is 287 g/mol. The van der Waals surface area contributed by atoms with Crippen LogP contribution in [0.5, 0.6) is 5.75 Å². The van der Waals surface area contributed by atoms with Crippen molar-refractivity contribution in [1.82, 2.24) is 10.3 Å². The van der Waals surface area contributed by atoms with Crippen molar-refractivity contribution >= 4 is 5.69 Å². The van der Waals surface area contributed by atoms with Gasteiger partial charge in [-0.25, -0.2) is 0 Å². The second-order valence-electron chi connectivity index (χ2n) is 4.67. The van der Waals surface area contributed by atoms with Gasteiger partial charge < -0.3 is 10.1 Å². The van der Waals surface area contributed by atoms with Gasteiger partial charge in [0.2, 0.25) is 0 Å². The predicted octanol–water partition coefficient (Wildman–Crippen LogP) is 2.60. The fraction of sp³-hybridized carbons (Fsp3) is 0.267. The number of benzene rings is 1. The molecule has 0 aliphatic rings. The van der Waals surface area contributed by atoms with Gasteiger partial charge in [0.1, 0.15) is 0 Å². The van der Waals surface area contributed by atoms with Gasteiger partial charge in [-0.3, -0.25) is 15.1 Å². The number of methoxy groups -OCH3 is 1. The molecule has 0 amide bonds. The highest BCUT2D eigenvalue weighted by atomic mass is 16.6. The Balaban J connectivity index is 2.02. The highest BCUT2D eigenvalue weighted by Crippen LogP contribution is 2.27. The average molecular weight is 287 g/mol. The van der Waals surface area contributed by atoms with Crippen molar-refractivity contribution in [2.45, 2.75) is 20.0 Å². The number of nitro groups is 1. The second-order valence-corrected chi connectivity index (χ2v) is 4.67. The Hall–Kier alpha value is -2.47. The van der Waals surface area contributed by atoms with Crippen LogP contribution in [0.25, 0.3) is 0 Å². The number of aromatic nitrogens is 1. The molecule has 1 aromatic heterocycles. The molecule has 1 aromatic carbocycles. The standard InChI is InChI=1S/C15H17N3O3/c1-11-8-16-6-5-13(11)10-17-9-12-3-4-15(21-2)14(7-12)18(19)20/h3-8,17H,9-10H2,1-2H3. The minimum absolute atomic E-state index is 0.0168. The van der Waals surface area contributed by atoms with E-state index in [1.165, 1.54) is 13.2 Å². The van der Waals surface area contributed by atoms with Gasteiger partial charge in [-0.05, 0) is 35.7 Å². The smallest absolute Gasteiger partial charge is 0.311 e. The van der Waals surface area contributed by atoms with Gasteiger partial charge in [-0.1, -0.05) is 6.07 Å². The largest absolute Gasteiger partial charge is 0.490 e. The van der Waals surface area contributed by atoms with Crippen LogP contribution in [0.1, 0.15) is 16.7 Å². The summed E-state index contributed by atoms with van der Waals surface area (Å²) in [6, 6.07) is 6.93. The summed E-state index contributed by atoms with van der Waals surface area (Å²) in [4.78, 5) is 14.6. The van der Waals surface area contributed by atoms with Crippen LogP contribution in [0.15, 0.2) is 36.7 Å². The van der Waals surface area contributed by atoms with Crippen molar-refractivity contribution in [2.24, 2.45) is 0 Å². The summed E-state index contributed by atoms with van der Waals surface area (Å²) in [7, 11) is 1.42. The number of nitrogens with one attached hydrogen (secondary N) is 1. The van der Waals surface area contributed by atoms with E-state index in [0.717, 1.165) is 16.7 Å². The fourth-order valence-electron chi connectivity index (χ4n) is 2.03. The van der Waals surface area contributed by atoms with E-state index >= 15 is 0 Å².